The van der Waals surface area contributed by atoms with Crippen LogP contribution < -0.4 is 15.4 Å². The predicted molar refractivity (Wildman–Crippen MR) is 147 cm³/mol. The Morgan fingerprint density at radius 1 is 1.18 bits per heavy atom. The molecule has 38 heavy (non-hydrogen) atoms. The first-order valence-corrected chi connectivity index (χ1v) is 14.9. The predicted octanol–water partition coefficient (Wildman–Crippen LogP) is 4.91. The van der Waals surface area contributed by atoms with Gasteiger partial charge in [0.2, 0.25) is 16.0 Å². The molecule has 4 rings (SSSR count). The van der Waals surface area contributed by atoms with Gasteiger partial charge in [-0.3, -0.25) is 0 Å². The normalized spacial score (nSPS) is 18.4. The van der Waals surface area contributed by atoms with Crippen molar-refractivity contribution in [2.45, 2.75) is 88.8 Å². The number of hydrogen-bond donors (Lipinski definition) is 4. The van der Waals surface area contributed by atoms with Crippen LogP contribution in [0.2, 0.25) is 0 Å². The van der Waals surface area contributed by atoms with Crippen LogP contribution >= 0.6 is 11.3 Å². The zero-order valence-corrected chi connectivity index (χ0v) is 23.9. The van der Waals surface area contributed by atoms with E-state index in [1.807, 2.05) is 13.8 Å². The van der Waals surface area contributed by atoms with Crippen molar-refractivity contribution < 1.29 is 17.9 Å². The Balaban J connectivity index is 1.54. The first kappa shape index (κ1) is 28.0. The van der Waals surface area contributed by atoms with Crippen LogP contribution in [-0.2, 0) is 14.8 Å². The van der Waals surface area contributed by atoms with Crippen LogP contribution in [0.25, 0.3) is 10.4 Å². The van der Waals surface area contributed by atoms with Crippen molar-refractivity contribution in [3.8, 4) is 10.4 Å². The molecule has 0 bridgehead atoms. The average Bonchev–Trinajstić information content (AvgIpc) is 3.50. The Morgan fingerprint density at radius 2 is 1.92 bits per heavy atom. The molecule has 206 valence electrons. The van der Waals surface area contributed by atoms with E-state index in [9.17, 15) is 13.2 Å². The maximum Gasteiger partial charge on any atom is 0.407 e. The number of ether oxygens (including phenoxy) is 1. The lowest BCUT2D eigenvalue weighted by atomic mass is 9.86. The lowest BCUT2D eigenvalue weighted by molar-refractivity contribution is 0.109. The molecule has 1 fully saturated rings. The summed E-state index contributed by atoms with van der Waals surface area (Å²) in [6, 6.07) is 5.27. The van der Waals surface area contributed by atoms with Gasteiger partial charge >= 0.3 is 6.09 Å². The van der Waals surface area contributed by atoms with Gasteiger partial charge < -0.3 is 20.4 Å². The van der Waals surface area contributed by atoms with Crippen LogP contribution in [0.4, 0.5) is 16.4 Å². The Kier molecular flexibility index (Phi) is 8.38. The summed E-state index contributed by atoms with van der Waals surface area (Å²) in [6.45, 7) is 9.07. The standard InChI is InChI=1S/C25H35N7O4S2/c1-15(2)36-24(33)30-17-8-6-16(7-9-17)22-26-13-20(37-22)19-11-10-18(29-23-27-14-28-31-23)12-21(19)38(34,35)32-25(3,4)5/h10-17,32H,6-9H2,1-5H3,(H,30,33)(H2,27,28,29,31). The van der Waals surface area contributed by atoms with Gasteiger partial charge in [0.05, 0.1) is 20.9 Å². The van der Waals surface area contributed by atoms with E-state index in [-0.39, 0.29) is 29.1 Å². The van der Waals surface area contributed by atoms with Gasteiger partial charge in [-0.05, 0) is 72.4 Å². The summed E-state index contributed by atoms with van der Waals surface area (Å²) in [5, 5.41) is 14.6. The fourth-order valence-electron chi connectivity index (χ4n) is 4.39. The van der Waals surface area contributed by atoms with Gasteiger partial charge in [-0.1, -0.05) is 6.07 Å². The fourth-order valence-corrected chi connectivity index (χ4v) is 7.24. The molecule has 2 heterocycles. The zero-order chi connectivity index (χ0) is 27.5. The number of amides is 1. The maximum atomic E-state index is 13.5. The van der Waals surface area contributed by atoms with Crippen molar-refractivity contribution >= 4 is 39.1 Å². The van der Waals surface area contributed by atoms with E-state index in [0.29, 0.717) is 17.2 Å². The van der Waals surface area contributed by atoms with Crippen molar-refractivity contribution in [3.05, 3.63) is 35.7 Å². The first-order valence-electron chi connectivity index (χ1n) is 12.6. The Morgan fingerprint density at radius 3 is 2.55 bits per heavy atom. The molecule has 1 aliphatic rings. The molecule has 0 aliphatic heterocycles. The number of hydrogen-bond acceptors (Lipinski definition) is 9. The molecule has 0 atom stereocenters. The third-order valence-corrected chi connectivity index (χ3v) is 8.91. The Bertz CT molecular complexity index is 1340. The lowest BCUT2D eigenvalue weighted by Crippen LogP contribution is -2.40. The van der Waals surface area contributed by atoms with Crippen LogP contribution in [0, 0.1) is 0 Å². The monoisotopic (exact) mass is 561 g/mol. The minimum Gasteiger partial charge on any atom is -0.447 e. The molecule has 0 unspecified atom stereocenters. The zero-order valence-electron chi connectivity index (χ0n) is 22.2. The van der Waals surface area contributed by atoms with Crippen molar-refractivity contribution in [2.75, 3.05) is 5.32 Å². The molecule has 0 radical (unpaired) electrons. The molecule has 3 aromatic rings. The second-order valence-corrected chi connectivity index (χ2v) is 13.5. The molecule has 1 amide bonds. The number of H-pyrrole nitrogens is 1. The number of carbonyl (C=O) groups is 1. The van der Waals surface area contributed by atoms with Crippen LogP contribution in [0.1, 0.15) is 71.2 Å². The summed E-state index contributed by atoms with van der Waals surface area (Å²) < 4.78 is 34.9. The maximum absolute atomic E-state index is 13.5. The van der Waals surface area contributed by atoms with Gasteiger partial charge in [0.1, 0.15) is 6.33 Å². The highest BCUT2D eigenvalue weighted by atomic mass is 32.2. The number of rotatable bonds is 8. The van der Waals surface area contributed by atoms with E-state index >= 15 is 0 Å². The minimum absolute atomic E-state index is 0.0848. The smallest absolute Gasteiger partial charge is 0.407 e. The minimum atomic E-state index is -3.85. The van der Waals surface area contributed by atoms with Crippen molar-refractivity contribution in [1.82, 2.24) is 30.2 Å². The number of thiazole rings is 1. The molecule has 13 heteroatoms. The van der Waals surface area contributed by atoms with E-state index < -0.39 is 15.6 Å². The average molecular weight is 562 g/mol. The fraction of sp³-hybridized carbons (Fsp3) is 0.520. The highest BCUT2D eigenvalue weighted by Gasteiger charge is 2.29. The highest BCUT2D eigenvalue weighted by Crippen LogP contribution is 2.40. The first-order chi connectivity index (χ1) is 17.9. The summed E-state index contributed by atoms with van der Waals surface area (Å²) in [4.78, 5) is 20.4. The molecule has 0 saturated heterocycles. The van der Waals surface area contributed by atoms with Crippen molar-refractivity contribution in [3.63, 3.8) is 0 Å². The van der Waals surface area contributed by atoms with Crippen LogP contribution in [0.5, 0.6) is 0 Å². The number of alkyl carbamates (subject to hydrolysis) is 1. The number of benzene rings is 1. The molecular weight excluding hydrogens is 526 g/mol. The van der Waals surface area contributed by atoms with Gasteiger partial charge in [-0.15, -0.1) is 21.5 Å². The van der Waals surface area contributed by atoms with Gasteiger partial charge in [-0.2, -0.15) is 0 Å². The highest BCUT2D eigenvalue weighted by molar-refractivity contribution is 7.89. The second kappa shape index (κ2) is 11.4. The molecule has 4 N–H and O–H groups in total. The van der Waals surface area contributed by atoms with Crippen LogP contribution in [0.3, 0.4) is 0 Å². The van der Waals surface area contributed by atoms with E-state index in [4.69, 9.17) is 4.74 Å². The quantitative estimate of drug-likeness (QED) is 0.303. The number of nitrogens with zero attached hydrogens (tertiary/aromatic N) is 3. The molecule has 0 spiro atoms. The van der Waals surface area contributed by atoms with Gasteiger partial charge in [0, 0.05) is 34.9 Å². The third kappa shape index (κ3) is 7.29. The van der Waals surface area contributed by atoms with Crippen LogP contribution in [0.15, 0.2) is 35.6 Å². The van der Waals surface area contributed by atoms with E-state index in [0.717, 1.165) is 35.6 Å². The third-order valence-electron chi connectivity index (χ3n) is 5.92. The van der Waals surface area contributed by atoms with E-state index in [2.05, 4.69) is 35.5 Å². The van der Waals surface area contributed by atoms with Gasteiger partial charge in [-0.25, -0.2) is 22.9 Å². The SMILES string of the molecule is CC(C)OC(=O)NC1CCC(c2ncc(-c3ccc(Nc4nnc[nH]4)cc3S(=O)(=O)NC(C)(C)C)s2)CC1. The second-order valence-electron chi connectivity index (χ2n) is 10.7. The molecule has 2 aromatic heterocycles. The number of aromatic amines is 1. The Labute approximate surface area is 227 Å². The summed E-state index contributed by atoms with van der Waals surface area (Å²) in [7, 11) is -3.85. The van der Waals surface area contributed by atoms with Gasteiger partial charge in [0.25, 0.3) is 0 Å². The summed E-state index contributed by atoms with van der Waals surface area (Å²) in [6.07, 6.45) is 6.10. The summed E-state index contributed by atoms with van der Waals surface area (Å²) in [5.74, 6) is 0.667. The molecule has 1 aromatic carbocycles. The summed E-state index contributed by atoms with van der Waals surface area (Å²) >= 11 is 1.51. The number of nitrogens with one attached hydrogen (secondary N) is 4. The largest absolute Gasteiger partial charge is 0.447 e. The molecule has 11 nitrogen and oxygen atoms in total. The van der Waals surface area contributed by atoms with Crippen molar-refractivity contribution in [2.24, 2.45) is 0 Å². The number of carbonyl (C=O) groups excluding carboxylic acids is 1. The molecular formula is C25H35N7O4S2. The molecule has 1 aliphatic carbocycles. The van der Waals surface area contributed by atoms with Crippen LogP contribution in [-0.4, -0.2) is 52.4 Å². The number of sulfonamides is 1. The molecule has 1 saturated carbocycles. The van der Waals surface area contributed by atoms with Gasteiger partial charge in [0.15, 0.2) is 0 Å². The topological polar surface area (TPSA) is 151 Å². The van der Waals surface area contributed by atoms with E-state index in [1.165, 1.54) is 17.7 Å². The number of aromatic nitrogens is 4. The Hall–Kier alpha value is -3.03. The van der Waals surface area contributed by atoms with Crippen molar-refractivity contribution in [1.29, 1.82) is 0 Å². The number of anilines is 2. The van der Waals surface area contributed by atoms with E-state index in [1.54, 1.807) is 45.2 Å². The summed E-state index contributed by atoms with van der Waals surface area (Å²) in [5.41, 5.74) is 0.490. The lowest BCUT2D eigenvalue weighted by Gasteiger charge is -2.28.